The lowest BCUT2D eigenvalue weighted by Crippen LogP contribution is -2.30. The SMILES string of the molecule is CCCCC[C@@H]1CC[C@@H]2CC(c3cc(F)c4c(F)c(OC(F)(F)F)ccc4c3)CCC2C1. The van der Waals surface area contributed by atoms with Crippen molar-refractivity contribution >= 4 is 10.8 Å². The first kappa shape index (κ1) is 23.3. The van der Waals surface area contributed by atoms with Crippen molar-refractivity contribution in [2.75, 3.05) is 0 Å². The zero-order chi connectivity index (χ0) is 22.9. The molecule has 0 bridgehead atoms. The summed E-state index contributed by atoms with van der Waals surface area (Å²) in [5.41, 5.74) is 0.822. The molecule has 32 heavy (non-hydrogen) atoms. The lowest BCUT2D eigenvalue weighted by Gasteiger charge is -2.42. The predicted octanol–water partition coefficient (Wildman–Crippen LogP) is 8.90. The highest BCUT2D eigenvalue weighted by molar-refractivity contribution is 5.86. The van der Waals surface area contributed by atoms with Gasteiger partial charge in [0.1, 0.15) is 5.82 Å². The Kier molecular flexibility index (Phi) is 6.97. The van der Waals surface area contributed by atoms with Crippen molar-refractivity contribution in [1.82, 2.24) is 0 Å². The maximum absolute atomic E-state index is 14.8. The summed E-state index contributed by atoms with van der Waals surface area (Å²) in [6, 6.07) is 5.27. The summed E-state index contributed by atoms with van der Waals surface area (Å²) < 4.78 is 70.5. The average Bonchev–Trinajstić information content (AvgIpc) is 2.74. The van der Waals surface area contributed by atoms with Gasteiger partial charge in [-0.05, 0) is 78.9 Å². The molecule has 176 valence electrons. The van der Waals surface area contributed by atoms with Crippen LogP contribution in [0.3, 0.4) is 0 Å². The number of benzene rings is 2. The second kappa shape index (κ2) is 9.56. The van der Waals surface area contributed by atoms with E-state index >= 15 is 0 Å². The third-order valence-corrected chi connectivity index (χ3v) is 7.63. The normalized spacial score (nSPS) is 26.2. The molecule has 0 spiro atoms. The quantitative estimate of drug-likeness (QED) is 0.313. The monoisotopic (exact) mass is 454 g/mol. The molecule has 4 rings (SSSR count). The van der Waals surface area contributed by atoms with Gasteiger partial charge in [0.25, 0.3) is 0 Å². The molecule has 2 aliphatic carbocycles. The molecule has 2 aliphatic rings. The van der Waals surface area contributed by atoms with Gasteiger partial charge in [0.15, 0.2) is 11.6 Å². The highest BCUT2D eigenvalue weighted by Crippen LogP contribution is 2.49. The van der Waals surface area contributed by atoms with Crippen LogP contribution in [0.25, 0.3) is 10.8 Å². The van der Waals surface area contributed by atoms with Crippen molar-refractivity contribution in [2.45, 2.75) is 83.4 Å². The summed E-state index contributed by atoms with van der Waals surface area (Å²) in [4.78, 5) is 0. The van der Waals surface area contributed by atoms with Crippen LogP contribution in [-0.4, -0.2) is 6.36 Å². The fraction of sp³-hybridized carbons (Fsp3) is 0.615. The summed E-state index contributed by atoms with van der Waals surface area (Å²) in [5, 5.41) is -0.175. The molecule has 0 aliphatic heterocycles. The molecule has 2 fully saturated rings. The third kappa shape index (κ3) is 5.20. The zero-order valence-corrected chi connectivity index (χ0v) is 18.5. The molecule has 6 heteroatoms. The van der Waals surface area contributed by atoms with E-state index in [1.807, 2.05) is 0 Å². The number of ether oxygens (including phenoxy) is 1. The average molecular weight is 455 g/mol. The molecule has 0 aromatic heterocycles. The van der Waals surface area contributed by atoms with Gasteiger partial charge in [-0.1, -0.05) is 51.2 Å². The van der Waals surface area contributed by atoms with Crippen LogP contribution in [-0.2, 0) is 0 Å². The minimum Gasteiger partial charge on any atom is -0.403 e. The van der Waals surface area contributed by atoms with E-state index < -0.39 is 29.1 Å². The van der Waals surface area contributed by atoms with Crippen molar-refractivity contribution in [3.8, 4) is 5.75 Å². The molecular formula is C26H31F5O. The van der Waals surface area contributed by atoms with Gasteiger partial charge in [-0.25, -0.2) is 8.78 Å². The molecule has 2 aromatic rings. The molecule has 4 atom stereocenters. The largest absolute Gasteiger partial charge is 0.573 e. The number of rotatable bonds is 6. The third-order valence-electron chi connectivity index (χ3n) is 7.63. The Labute approximate surface area is 186 Å². The minimum atomic E-state index is -5.03. The molecule has 0 heterocycles. The van der Waals surface area contributed by atoms with E-state index in [2.05, 4.69) is 11.7 Å². The first-order chi connectivity index (χ1) is 15.2. The second-order valence-electron chi connectivity index (χ2n) is 9.73. The van der Waals surface area contributed by atoms with Gasteiger partial charge in [-0.2, -0.15) is 0 Å². The summed E-state index contributed by atoms with van der Waals surface area (Å²) in [6.45, 7) is 2.23. The van der Waals surface area contributed by atoms with Crippen LogP contribution in [0.15, 0.2) is 24.3 Å². The van der Waals surface area contributed by atoms with Crippen molar-refractivity contribution in [3.05, 3.63) is 41.5 Å². The molecule has 0 N–H and O–H groups in total. The van der Waals surface area contributed by atoms with Crippen LogP contribution in [0.4, 0.5) is 22.0 Å². The van der Waals surface area contributed by atoms with E-state index in [1.54, 1.807) is 6.07 Å². The zero-order valence-electron chi connectivity index (χ0n) is 18.5. The van der Waals surface area contributed by atoms with Gasteiger partial charge in [0.05, 0.1) is 5.39 Å². The molecular weight excluding hydrogens is 423 g/mol. The van der Waals surface area contributed by atoms with E-state index in [9.17, 15) is 22.0 Å². The molecule has 1 nitrogen and oxygen atoms in total. The summed E-state index contributed by atoms with van der Waals surface area (Å²) in [7, 11) is 0. The van der Waals surface area contributed by atoms with Gasteiger partial charge < -0.3 is 4.74 Å². The van der Waals surface area contributed by atoms with E-state index in [0.29, 0.717) is 5.92 Å². The van der Waals surface area contributed by atoms with Gasteiger partial charge in [0.2, 0.25) is 0 Å². The first-order valence-corrected chi connectivity index (χ1v) is 11.9. The van der Waals surface area contributed by atoms with Crippen molar-refractivity contribution < 1.29 is 26.7 Å². The van der Waals surface area contributed by atoms with Gasteiger partial charge in [-0.3, -0.25) is 0 Å². The summed E-state index contributed by atoms with van der Waals surface area (Å²) in [6.07, 6.45) is 7.11. The van der Waals surface area contributed by atoms with E-state index in [4.69, 9.17) is 0 Å². The fourth-order valence-corrected chi connectivity index (χ4v) is 6.05. The maximum atomic E-state index is 14.8. The van der Waals surface area contributed by atoms with Gasteiger partial charge in [0, 0.05) is 0 Å². The Morgan fingerprint density at radius 3 is 2.44 bits per heavy atom. The Morgan fingerprint density at radius 1 is 0.938 bits per heavy atom. The van der Waals surface area contributed by atoms with Gasteiger partial charge in [-0.15, -0.1) is 13.2 Å². The molecule has 2 aromatic carbocycles. The molecule has 2 saturated carbocycles. The Hall–Kier alpha value is -1.85. The van der Waals surface area contributed by atoms with Crippen LogP contribution in [0.5, 0.6) is 5.75 Å². The second-order valence-corrected chi connectivity index (χ2v) is 9.73. The lowest BCUT2D eigenvalue weighted by molar-refractivity contribution is -0.275. The molecule has 0 saturated heterocycles. The van der Waals surface area contributed by atoms with Crippen LogP contribution in [0.2, 0.25) is 0 Å². The standard InChI is InChI=1S/C26H31F5O/c1-2-3-4-5-16-6-7-18-13-19(9-8-17(18)12-16)21-14-20-10-11-23(32-26(29,30)31)25(28)24(20)22(27)15-21/h10-11,14-19H,2-9,12-13H2,1H3/t16-,17?,18-,19?/m1/s1. The smallest absolute Gasteiger partial charge is 0.403 e. The van der Waals surface area contributed by atoms with E-state index in [-0.39, 0.29) is 11.3 Å². The molecule has 0 radical (unpaired) electrons. The van der Waals surface area contributed by atoms with Crippen LogP contribution in [0, 0.1) is 29.4 Å². The van der Waals surface area contributed by atoms with Crippen LogP contribution < -0.4 is 4.74 Å². The number of fused-ring (bicyclic) bond motifs is 2. The maximum Gasteiger partial charge on any atom is 0.573 e. The Morgan fingerprint density at radius 2 is 1.69 bits per heavy atom. The predicted molar refractivity (Wildman–Crippen MR) is 116 cm³/mol. The fourth-order valence-electron chi connectivity index (χ4n) is 6.05. The van der Waals surface area contributed by atoms with E-state index in [0.717, 1.165) is 42.7 Å². The van der Waals surface area contributed by atoms with Crippen LogP contribution >= 0.6 is 0 Å². The van der Waals surface area contributed by atoms with Crippen molar-refractivity contribution in [1.29, 1.82) is 0 Å². The lowest BCUT2D eigenvalue weighted by atomic mass is 9.63. The Bertz CT molecular complexity index is 938. The van der Waals surface area contributed by atoms with Crippen LogP contribution in [0.1, 0.15) is 82.6 Å². The topological polar surface area (TPSA) is 9.23 Å². The Balaban J connectivity index is 1.47. The van der Waals surface area contributed by atoms with Crippen molar-refractivity contribution in [3.63, 3.8) is 0 Å². The van der Waals surface area contributed by atoms with Gasteiger partial charge >= 0.3 is 6.36 Å². The number of hydrogen-bond acceptors (Lipinski definition) is 1. The molecule has 0 amide bonds. The summed E-state index contributed by atoms with van der Waals surface area (Å²) in [5.74, 6) is -0.702. The first-order valence-electron chi connectivity index (χ1n) is 11.9. The summed E-state index contributed by atoms with van der Waals surface area (Å²) >= 11 is 0. The van der Waals surface area contributed by atoms with E-state index in [1.165, 1.54) is 57.1 Å². The highest BCUT2D eigenvalue weighted by Gasteiger charge is 2.36. The number of halogens is 5. The molecule has 2 unspecified atom stereocenters. The number of alkyl halides is 3. The minimum absolute atomic E-state index is 0.209. The highest BCUT2D eigenvalue weighted by atomic mass is 19.4. The van der Waals surface area contributed by atoms with Crippen molar-refractivity contribution in [2.24, 2.45) is 17.8 Å². The number of unbranched alkanes of at least 4 members (excludes halogenated alkanes) is 2. The number of hydrogen-bond donors (Lipinski definition) is 0.